The summed E-state index contributed by atoms with van der Waals surface area (Å²) in [4.78, 5) is 30.3. The van der Waals surface area contributed by atoms with Crippen LogP contribution >= 0.6 is 0 Å². The van der Waals surface area contributed by atoms with Crippen LogP contribution in [0.1, 0.15) is 25.7 Å². The Bertz CT molecular complexity index is 412. The molecule has 3 saturated heterocycles. The topological polar surface area (TPSA) is 65.1 Å². The molecule has 0 saturated carbocycles. The molecule has 1 atom stereocenters. The molecular formula is C16H28N4O3. The van der Waals surface area contributed by atoms with E-state index >= 15 is 0 Å². The number of carbonyl (C=O) groups excluding carboxylic acids is 2. The third kappa shape index (κ3) is 4.57. The third-order valence-electron chi connectivity index (χ3n) is 4.98. The van der Waals surface area contributed by atoms with Crippen molar-refractivity contribution in [2.45, 2.75) is 31.8 Å². The molecule has 1 N–H and O–H groups in total. The maximum absolute atomic E-state index is 12.2. The van der Waals surface area contributed by atoms with Crippen LogP contribution in [0.2, 0.25) is 0 Å². The summed E-state index contributed by atoms with van der Waals surface area (Å²) >= 11 is 0. The van der Waals surface area contributed by atoms with Gasteiger partial charge in [-0.05, 0) is 25.7 Å². The van der Waals surface area contributed by atoms with Crippen molar-refractivity contribution in [1.82, 2.24) is 20.0 Å². The number of nitrogens with one attached hydrogen (secondary N) is 1. The molecule has 3 aliphatic heterocycles. The lowest BCUT2D eigenvalue weighted by Gasteiger charge is -2.35. The highest BCUT2D eigenvalue weighted by atomic mass is 16.5. The lowest BCUT2D eigenvalue weighted by molar-refractivity contribution is -0.131. The summed E-state index contributed by atoms with van der Waals surface area (Å²) in [5.41, 5.74) is 0. The van der Waals surface area contributed by atoms with Gasteiger partial charge in [-0.25, -0.2) is 4.79 Å². The summed E-state index contributed by atoms with van der Waals surface area (Å²) in [7, 11) is 0. The number of rotatable bonds is 4. The van der Waals surface area contributed by atoms with E-state index in [9.17, 15) is 9.59 Å². The van der Waals surface area contributed by atoms with Gasteiger partial charge in [0.2, 0.25) is 5.91 Å². The molecule has 23 heavy (non-hydrogen) atoms. The highest BCUT2D eigenvalue weighted by Gasteiger charge is 2.25. The van der Waals surface area contributed by atoms with Crippen LogP contribution in [0.25, 0.3) is 0 Å². The Kier molecular flexibility index (Phi) is 5.72. The molecule has 0 spiro atoms. The molecule has 130 valence electrons. The number of carbonyl (C=O) groups is 2. The number of hydrogen-bond acceptors (Lipinski definition) is 4. The number of urea groups is 1. The van der Waals surface area contributed by atoms with Crippen LogP contribution in [-0.2, 0) is 9.53 Å². The molecule has 0 aromatic carbocycles. The smallest absolute Gasteiger partial charge is 0.317 e. The van der Waals surface area contributed by atoms with Gasteiger partial charge in [-0.3, -0.25) is 9.69 Å². The molecule has 0 radical (unpaired) electrons. The van der Waals surface area contributed by atoms with E-state index in [0.29, 0.717) is 26.2 Å². The van der Waals surface area contributed by atoms with Crippen molar-refractivity contribution in [3.63, 3.8) is 0 Å². The molecule has 0 aliphatic carbocycles. The first-order chi connectivity index (χ1) is 11.2. The zero-order valence-electron chi connectivity index (χ0n) is 13.8. The van der Waals surface area contributed by atoms with Crippen molar-refractivity contribution in [2.75, 3.05) is 59.0 Å². The molecule has 3 rings (SSSR count). The lowest BCUT2D eigenvalue weighted by atomic mass is 10.2. The standard InChI is InChI=1S/C16H28N4O3/c21-15(19-5-1-2-6-19)13-18-7-9-20(10-8-18)16(22)17-12-14-4-3-11-23-14/h14H,1-13H2,(H,17,22). The summed E-state index contributed by atoms with van der Waals surface area (Å²) in [6.07, 6.45) is 4.56. The molecular weight excluding hydrogens is 296 g/mol. The second kappa shape index (κ2) is 7.97. The molecule has 1 unspecified atom stereocenters. The predicted molar refractivity (Wildman–Crippen MR) is 86.2 cm³/mol. The lowest BCUT2D eigenvalue weighted by Crippen LogP contribution is -2.54. The summed E-state index contributed by atoms with van der Waals surface area (Å²) in [6.45, 7) is 6.63. The van der Waals surface area contributed by atoms with E-state index in [1.807, 2.05) is 9.80 Å². The zero-order chi connectivity index (χ0) is 16.1. The maximum atomic E-state index is 12.2. The molecule has 7 heteroatoms. The number of hydrogen-bond donors (Lipinski definition) is 1. The Labute approximate surface area is 137 Å². The SMILES string of the molecule is O=C(CN1CCN(C(=O)NCC2CCCO2)CC1)N1CCCC1. The largest absolute Gasteiger partial charge is 0.376 e. The van der Waals surface area contributed by atoms with Gasteiger partial charge in [-0.2, -0.15) is 0 Å². The van der Waals surface area contributed by atoms with Gasteiger partial charge in [0.15, 0.2) is 0 Å². The van der Waals surface area contributed by atoms with Gasteiger partial charge in [-0.15, -0.1) is 0 Å². The average Bonchev–Trinajstić information content (AvgIpc) is 3.26. The summed E-state index contributed by atoms with van der Waals surface area (Å²) in [6, 6.07) is -0.00832. The van der Waals surface area contributed by atoms with Crippen molar-refractivity contribution in [2.24, 2.45) is 0 Å². The molecule has 7 nitrogen and oxygen atoms in total. The van der Waals surface area contributed by atoms with Crippen LogP contribution in [-0.4, -0.2) is 91.7 Å². The minimum Gasteiger partial charge on any atom is -0.376 e. The number of amides is 3. The Morgan fingerprint density at radius 2 is 1.70 bits per heavy atom. The van der Waals surface area contributed by atoms with Gasteiger partial charge in [0, 0.05) is 52.4 Å². The minimum absolute atomic E-state index is 0.00832. The van der Waals surface area contributed by atoms with Gasteiger partial charge >= 0.3 is 6.03 Å². The third-order valence-corrected chi connectivity index (χ3v) is 4.98. The zero-order valence-corrected chi connectivity index (χ0v) is 13.8. The number of piperazine rings is 1. The molecule has 0 bridgehead atoms. The van der Waals surface area contributed by atoms with E-state index in [2.05, 4.69) is 10.2 Å². The fraction of sp³-hybridized carbons (Fsp3) is 0.875. The second-order valence-electron chi connectivity index (χ2n) is 6.67. The minimum atomic E-state index is -0.00832. The van der Waals surface area contributed by atoms with Crippen molar-refractivity contribution in [1.29, 1.82) is 0 Å². The van der Waals surface area contributed by atoms with E-state index in [4.69, 9.17) is 4.74 Å². The van der Waals surface area contributed by atoms with Gasteiger partial charge < -0.3 is 19.9 Å². The van der Waals surface area contributed by atoms with Crippen molar-refractivity contribution in [3.05, 3.63) is 0 Å². The van der Waals surface area contributed by atoms with Crippen LogP contribution in [0.3, 0.4) is 0 Å². The Balaban J connectivity index is 1.34. The van der Waals surface area contributed by atoms with Gasteiger partial charge in [0.05, 0.1) is 12.6 Å². The molecule has 3 fully saturated rings. The molecule has 0 aromatic rings. The highest BCUT2D eigenvalue weighted by molar-refractivity contribution is 5.78. The monoisotopic (exact) mass is 324 g/mol. The van der Waals surface area contributed by atoms with E-state index in [-0.39, 0.29) is 18.0 Å². The van der Waals surface area contributed by atoms with Crippen LogP contribution in [0, 0.1) is 0 Å². The summed E-state index contributed by atoms with van der Waals surface area (Å²) in [5, 5.41) is 2.96. The van der Waals surface area contributed by atoms with Gasteiger partial charge in [0.25, 0.3) is 0 Å². The molecule has 3 amide bonds. The van der Waals surface area contributed by atoms with Crippen LogP contribution in [0.15, 0.2) is 0 Å². The summed E-state index contributed by atoms with van der Waals surface area (Å²) < 4.78 is 5.52. The van der Waals surface area contributed by atoms with Crippen LogP contribution in [0.4, 0.5) is 4.79 Å². The fourth-order valence-corrected chi connectivity index (χ4v) is 3.49. The molecule has 3 heterocycles. The number of nitrogens with zero attached hydrogens (tertiary/aromatic N) is 3. The van der Waals surface area contributed by atoms with Gasteiger partial charge in [-0.1, -0.05) is 0 Å². The normalized spacial score (nSPS) is 25.8. The first-order valence-corrected chi connectivity index (χ1v) is 8.87. The van der Waals surface area contributed by atoms with E-state index in [0.717, 1.165) is 58.5 Å². The fourth-order valence-electron chi connectivity index (χ4n) is 3.49. The quantitative estimate of drug-likeness (QED) is 0.797. The Morgan fingerprint density at radius 3 is 2.35 bits per heavy atom. The van der Waals surface area contributed by atoms with E-state index in [1.165, 1.54) is 0 Å². The van der Waals surface area contributed by atoms with Crippen molar-refractivity contribution >= 4 is 11.9 Å². The van der Waals surface area contributed by atoms with E-state index in [1.54, 1.807) is 0 Å². The predicted octanol–water partition coefficient (Wildman–Crippen LogP) is 0.115. The van der Waals surface area contributed by atoms with Gasteiger partial charge in [0.1, 0.15) is 0 Å². The highest BCUT2D eigenvalue weighted by Crippen LogP contribution is 2.11. The average molecular weight is 324 g/mol. The maximum Gasteiger partial charge on any atom is 0.317 e. The van der Waals surface area contributed by atoms with Crippen molar-refractivity contribution in [3.8, 4) is 0 Å². The Hall–Kier alpha value is -1.34. The first-order valence-electron chi connectivity index (χ1n) is 8.87. The Morgan fingerprint density at radius 1 is 0.957 bits per heavy atom. The van der Waals surface area contributed by atoms with E-state index < -0.39 is 0 Å². The number of ether oxygens (including phenoxy) is 1. The van der Waals surface area contributed by atoms with Crippen LogP contribution < -0.4 is 5.32 Å². The molecule has 0 aromatic heterocycles. The molecule has 3 aliphatic rings. The van der Waals surface area contributed by atoms with Crippen molar-refractivity contribution < 1.29 is 14.3 Å². The summed E-state index contributed by atoms with van der Waals surface area (Å²) in [5.74, 6) is 0.235. The first kappa shape index (κ1) is 16.5. The van der Waals surface area contributed by atoms with Crippen LogP contribution in [0.5, 0.6) is 0 Å². The number of likely N-dealkylation sites (tertiary alicyclic amines) is 1. The second-order valence-corrected chi connectivity index (χ2v) is 6.67.